The first kappa shape index (κ1) is 19.9. The maximum Gasteiger partial charge on any atom is 0.147 e. The van der Waals surface area contributed by atoms with Gasteiger partial charge in [-0.2, -0.15) is 0 Å². The molecule has 0 fully saturated rings. The molecule has 0 aromatic heterocycles. The van der Waals surface area contributed by atoms with Crippen LogP contribution in [0, 0.1) is 5.92 Å². The van der Waals surface area contributed by atoms with Crippen molar-refractivity contribution in [1.82, 2.24) is 4.90 Å². The molecule has 1 aromatic carbocycles. The van der Waals surface area contributed by atoms with Gasteiger partial charge < -0.3 is 9.84 Å². The van der Waals surface area contributed by atoms with Crippen LogP contribution >= 0.6 is 0 Å². The fourth-order valence-corrected chi connectivity index (χ4v) is 3.26. The summed E-state index contributed by atoms with van der Waals surface area (Å²) in [6.45, 7) is 5.52. The lowest BCUT2D eigenvalue weighted by atomic mass is 10.0. The van der Waals surface area contributed by atoms with Gasteiger partial charge in [-0.3, -0.25) is 4.90 Å². The normalized spacial score (nSPS) is 13.5. The Balaban J connectivity index is 2.80. The Labute approximate surface area is 140 Å². The van der Waals surface area contributed by atoms with Crippen LogP contribution in [0.3, 0.4) is 0 Å². The highest BCUT2D eigenvalue weighted by Crippen LogP contribution is 2.18. The summed E-state index contributed by atoms with van der Waals surface area (Å²) in [6, 6.07) is 7.83. The predicted octanol–water partition coefficient (Wildman–Crippen LogP) is 1.95. The van der Waals surface area contributed by atoms with E-state index in [4.69, 9.17) is 4.74 Å². The summed E-state index contributed by atoms with van der Waals surface area (Å²) in [6.07, 6.45) is 1.82. The van der Waals surface area contributed by atoms with Crippen LogP contribution in [0.15, 0.2) is 24.3 Å². The van der Waals surface area contributed by atoms with E-state index < -0.39 is 9.84 Å². The SMILES string of the molecule is COc1ccc(CN(CCCS(C)(=O)=O)[C@H](CO)C(C)C)cc1. The van der Waals surface area contributed by atoms with Crippen molar-refractivity contribution in [2.75, 3.05) is 32.3 Å². The molecule has 0 radical (unpaired) electrons. The zero-order valence-electron chi connectivity index (χ0n) is 14.5. The van der Waals surface area contributed by atoms with Gasteiger partial charge in [-0.15, -0.1) is 0 Å². The van der Waals surface area contributed by atoms with E-state index in [0.29, 0.717) is 19.5 Å². The van der Waals surface area contributed by atoms with E-state index >= 15 is 0 Å². The van der Waals surface area contributed by atoms with Gasteiger partial charge in [0.05, 0.1) is 19.5 Å². The maximum absolute atomic E-state index is 11.3. The molecule has 1 N–H and O–H groups in total. The summed E-state index contributed by atoms with van der Waals surface area (Å²) in [7, 11) is -1.33. The number of nitrogens with zero attached hydrogens (tertiary/aromatic N) is 1. The molecule has 0 aliphatic carbocycles. The Morgan fingerprint density at radius 1 is 1.22 bits per heavy atom. The van der Waals surface area contributed by atoms with Crippen molar-refractivity contribution in [3.05, 3.63) is 29.8 Å². The molecule has 0 aliphatic heterocycles. The van der Waals surface area contributed by atoms with Gasteiger partial charge >= 0.3 is 0 Å². The van der Waals surface area contributed by atoms with E-state index in [1.54, 1.807) is 7.11 Å². The number of hydrogen-bond donors (Lipinski definition) is 1. The van der Waals surface area contributed by atoms with Crippen molar-refractivity contribution in [2.24, 2.45) is 5.92 Å². The lowest BCUT2D eigenvalue weighted by Crippen LogP contribution is -2.42. The number of sulfone groups is 1. The molecule has 132 valence electrons. The molecular weight excluding hydrogens is 314 g/mol. The van der Waals surface area contributed by atoms with Gasteiger partial charge in [0, 0.05) is 18.8 Å². The molecule has 0 amide bonds. The van der Waals surface area contributed by atoms with Gasteiger partial charge in [-0.05, 0) is 36.6 Å². The second kappa shape index (κ2) is 9.25. The van der Waals surface area contributed by atoms with E-state index in [-0.39, 0.29) is 24.3 Å². The fourth-order valence-electron chi connectivity index (χ4n) is 2.61. The largest absolute Gasteiger partial charge is 0.497 e. The van der Waals surface area contributed by atoms with Gasteiger partial charge in [0.1, 0.15) is 15.6 Å². The molecule has 6 heteroatoms. The van der Waals surface area contributed by atoms with Crippen molar-refractivity contribution in [3.8, 4) is 5.75 Å². The van der Waals surface area contributed by atoms with Crippen molar-refractivity contribution in [1.29, 1.82) is 0 Å². The number of ether oxygens (including phenoxy) is 1. The van der Waals surface area contributed by atoms with E-state index in [9.17, 15) is 13.5 Å². The third-order valence-corrected chi connectivity index (χ3v) is 4.96. The highest BCUT2D eigenvalue weighted by Gasteiger charge is 2.21. The summed E-state index contributed by atoms with van der Waals surface area (Å²) in [4.78, 5) is 2.16. The minimum atomic E-state index is -2.96. The lowest BCUT2D eigenvalue weighted by molar-refractivity contribution is 0.0849. The molecule has 0 unspecified atom stereocenters. The number of aliphatic hydroxyl groups is 1. The first-order valence-corrected chi connectivity index (χ1v) is 9.98. The van der Waals surface area contributed by atoms with Crippen LogP contribution in [0.5, 0.6) is 5.75 Å². The highest BCUT2D eigenvalue weighted by molar-refractivity contribution is 7.90. The van der Waals surface area contributed by atoms with Crippen LogP contribution in [0.25, 0.3) is 0 Å². The highest BCUT2D eigenvalue weighted by atomic mass is 32.2. The third-order valence-electron chi connectivity index (χ3n) is 3.93. The fraction of sp³-hybridized carbons (Fsp3) is 0.647. The van der Waals surface area contributed by atoms with Gasteiger partial charge in [0.2, 0.25) is 0 Å². The standard InChI is InChI=1S/C17H29NO4S/c1-14(2)17(13-19)18(10-5-11-23(4,20)21)12-15-6-8-16(22-3)9-7-15/h6-9,14,17,19H,5,10-13H2,1-4H3/t17-/m1/s1. The Kier molecular flexibility index (Phi) is 8.02. The van der Waals surface area contributed by atoms with Crippen LogP contribution in [0.2, 0.25) is 0 Å². The van der Waals surface area contributed by atoms with E-state index in [1.807, 2.05) is 24.3 Å². The van der Waals surface area contributed by atoms with Gasteiger partial charge in [0.25, 0.3) is 0 Å². The second-order valence-electron chi connectivity index (χ2n) is 6.30. The van der Waals surface area contributed by atoms with Crippen LogP contribution in [0.4, 0.5) is 0 Å². The first-order chi connectivity index (χ1) is 10.8. The first-order valence-electron chi connectivity index (χ1n) is 7.92. The molecular formula is C17H29NO4S. The Morgan fingerprint density at radius 3 is 2.26 bits per heavy atom. The second-order valence-corrected chi connectivity index (χ2v) is 8.56. The van der Waals surface area contributed by atoms with Crippen molar-refractivity contribution in [2.45, 2.75) is 32.9 Å². The Morgan fingerprint density at radius 2 is 1.83 bits per heavy atom. The lowest BCUT2D eigenvalue weighted by Gasteiger charge is -2.33. The summed E-state index contributed by atoms with van der Waals surface area (Å²) >= 11 is 0. The number of aliphatic hydroxyl groups excluding tert-OH is 1. The zero-order valence-corrected chi connectivity index (χ0v) is 15.3. The number of methoxy groups -OCH3 is 1. The van der Waals surface area contributed by atoms with Gasteiger partial charge in [0.15, 0.2) is 0 Å². The number of rotatable bonds is 10. The van der Waals surface area contributed by atoms with E-state index in [1.165, 1.54) is 6.26 Å². The smallest absolute Gasteiger partial charge is 0.147 e. The van der Waals surface area contributed by atoms with E-state index in [2.05, 4.69) is 18.7 Å². The molecule has 0 heterocycles. The minimum Gasteiger partial charge on any atom is -0.497 e. The van der Waals surface area contributed by atoms with Crippen molar-refractivity contribution >= 4 is 9.84 Å². The summed E-state index contributed by atoms with van der Waals surface area (Å²) < 4.78 is 27.8. The quantitative estimate of drug-likeness (QED) is 0.703. The van der Waals surface area contributed by atoms with Crippen LogP contribution in [-0.2, 0) is 16.4 Å². The molecule has 0 bridgehead atoms. The molecule has 1 rings (SSSR count). The molecule has 1 aromatic rings. The average Bonchev–Trinajstić information content (AvgIpc) is 2.46. The number of benzene rings is 1. The van der Waals surface area contributed by atoms with Gasteiger partial charge in [-0.1, -0.05) is 26.0 Å². The maximum atomic E-state index is 11.3. The summed E-state index contributed by atoms with van der Waals surface area (Å²) in [5.74, 6) is 1.26. The van der Waals surface area contributed by atoms with E-state index in [0.717, 1.165) is 11.3 Å². The molecule has 23 heavy (non-hydrogen) atoms. The average molecular weight is 343 g/mol. The number of hydrogen-bond acceptors (Lipinski definition) is 5. The van der Waals surface area contributed by atoms with Gasteiger partial charge in [-0.25, -0.2) is 8.42 Å². The summed E-state index contributed by atoms with van der Waals surface area (Å²) in [5.41, 5.74) is 1.12. The van der Waals surface area contributed by atoms with Crippen LogP contribution < -0.4 is 4.74 Å². The monoisotopic (exact) mass is 343 g/mol. The zero-order chi connectivity index (χ0) is 17.5. The molecule has 5 nitrogen and oxygen atoms in total. The summed E-state index contributed by atoms with van der Waals surface area (Å²) in [5, 5.41) is 9.71. The van der Waals surface area contributed by atoms with Crippen molar-refractivity contribution in [3.63, 3.8) is 0 Å². The molecule has 0 saturated carbocycles. The van der Waals surface area contributed by atoms with Crippen LogP contribution in [-0.4, -0.2) is 56.7 Å². The Bertz CT molecular complexity index is 554. The van der Waals surface area contributed by atoms with Crippen LogP contribution in [0.1, 0.15) is 25.8 Å². The molecule has 1 atom stereocenters. The topological polar surface area (TPSA) is 66.8 Å². The molecule has 0 saturated heterocycles. The molecule has 0 spiro atoms. The predicted molar refractivity (Wildman–Crippen MR) is 93.4 cm³/mol. The Hall–Kier alpha value is -1.11. The minimum absolute atomic E-state index is 0.0108. The third kappa shape index (κ3) is 7.33. The van der Waals surface area contributed by atoms with Crippen molar-refractivity contribution < 1.29 is 18.3 Å². The molecule has 0 aliphatic rings.